The van der Waals surface area contributed by atoms with Crippen LogP contribution in [0.1, 0.15) is 0 Å². The van der Waals surface area contributed by atoms with Gasteiger partial charge in [-0.2, -0.15) is 13.9 Å². The molecule has 0 aliphatic rings. The maximum Gasteiger partial charge on any atom is 0.326 e. The Hall–Kier alpha value is -0.340. The van der Waals surface area contributed by atoms with E-state index in [1.807, 2.05) is 0 Å². The first kappa shape index (κ1) is 10.7. The lowest BCUT2D eigenvalue weighted by Crippen LogP contribution is -2.32. The van der Waals surface area contributed by atoms with Gasteiger partial charge in [-0.3, -0.25) is 4.68 Å². The maximum absolute atomic E-state index is 12.4. The minimum atomic E-state index is -4.02. The van der Waals surface area contributed by atoms with E-state index < -0.39 is 18.9 Å². The molecule has 0 aliphatic heterocycles. The Balaban J connectivity index is 2.68. The first-order valence-corrected chi connectivity index (χ1v) is 4.34. The van der Waals surface area contributed by atoms with Crippen molar-refractivity contribution in [2.45, 2.75) is 18.9 Å². The van der Waals surface area contributed by atoms with E-state index in [1.54, 1.807) is 22.6 Å². The first-order chi connectivity index (χ1) is 5.92. The van der Waals surface area contributed by atoms with Gasteiger partial charge in [-0.15, -0.1) is 0 Å². The zero-order chi connectivity index (χ0) is 10.1. The maximum atomic E-state index is 12.4. The lowest BCUT2D eigenvalue weighted by Gasteiger charge is -2.14. The van der Waals surface area contributed by atoms with Crippen molar-refractivity contribution >= 4 is 22.6 Å². The third-order valence-electron chi connectivity index (χ3n) is 1.30. The molecule has 1 aromatic heterocycles. The molecule has 0 atom stereocenters. The summed E-state index contributed by atoms with van der Waals surface area (Å²) in [5.41, 5.74) is 0. The van der Waals surface area contributed by atoms with Gasteiger partial charge in [-0.25, -0.2) is 8.78 Å². The summed E-state index contributed by atoms with van der Waals surface area (Å²) in [4.78, 5) is 0. The van der Waals surface area contributed by atoms with E-state index in [0.29, 0.717) is 3.70 Å². The quantitative estimate of drug-likeness (QED) is 0.619. The molecular formula is C6H5F4IN2. The van der Waals surface area contributed by atoms with Crippen LogP contribution in [0.2, 0.25) is 0 Å². The third kappa shape index (κ3) is 2.82. The van der Waals surface area contributed by atoms with Gasteiger partial charge < -0.3 is 0 Å². The zero-order valence-electron chi connectivity index (χ0n) is 6.22. The number of aromatic nitrogens is 2. The van der Waals surface area contributed by atoms with Crippen molar-refractivity contribution in [3.63, 3.8) is 0 Å². The number of hydrogen-bond donors (Lipinski definition) is 0. The smallest absolute Gasteiger partial charge is 0.265 e. The Morgan fingerprint density at radius 1 is 1.54 bits per heavy atom. The highest BCUT2D eigenvalue weighted by Gasteiger charge is 2.41. The Bertz CT molecular complexity index is 286. The van der Waals surface area contributed by atoms with Crippen molar-refractivity contribution in [1.29, 1.82) is 0 Å². The monoisotopic (exact) mass is 308 g/mol. The summed E-state index contributed by atoms with van der Waals surface area (Å²) in [5.74, 6) is -4.02. The SMILES string of the molecule is FC(F)C(F)(F)Cn1ccc(I)n1. The van der Waals surface area contributed by atoms with E-state index in [1.165, 1.54) is 12.3 Å². The molecule has 0 radical (unpaired) electrons. The van der Waals surface area contributed by atoms with Crippen LogP contribution < -0.4 is 0 Å². The summed E-state index contributed by atoms with van der Waals surface area (Å²) in [6.07, 6.45) is -2.42. The topological polar surface area (TPSA) is 17.8 Å². The van der Waals surface area contributed by atoms with Crippen molar-refractivity contribution in [3.05, 3.63) is 16.0 Å². The predicted molar refractivity (Wildman–Crippen MR) is 45.9 cm³/mol. The highest BCUT2D eigenvalue weighted by atomic mass is 127. The van der Waals surface area contributed by atoms with Gasteiger partial charge >= 0.3 is 12.3 Å². The molecule has 0 spiro atoms. The molecule has 1 heterocycles. The molecular weight excluding hydrogens is 303 g/mol. The molecule has 0 unspecified atom stereocenters. The Kier molecular flexibility index (Phi) is 3.14. The molecule has 1 aromatic rings. The summed E-state index contributed by atoms with van der Waals surface area (Å²) in [7, 11) is 0. The van der Waals surface area contributed by atoms with Crippen LogP contribution in [0.5, 0.6) is 0 Å². The molecule has 0 fully saturated rings. The van der Waals surface area contributed by atoms with E-state index in [0.717, 1.165) is 4.68 Å². The molecule has 0 aromatic carbocycles. The van der Waals surface area contributed by atoms with E-state index in [2.05, 4.69) is 5.10 Å². The standard InChI is InChI=1S/C6H5F4IN2/c7-5(8)6(9,10)3-13-2-1-4(11)12-13/h1-2,5H,3H2. The predicted octanol–water partition coefficient (Wildman–Crippen LogP) is 2.39. The van der Waals surface area contributed by atoms with E-state index in [9.17, 15) is 17.6 Å². The van der Waals surface area contributed by atoms with Crippen LogP contribution in [-0.4, -0.2) is 22.1 Å². The van der Waals surface area contributed by atoms with Gasteiger partial charge in [0.15, 0.2) is 0 Å². The summed E-state index contributed by atoms with van der Waals surface area (Å²) in [5, 5.41) is 3.57. The molecule has 0 saturated carbocycles. The van der Waals surface area contributed by atoms with Crippen LogP contribution >= 0.6 is 22.6 Å². The van der Waals surface area contributed by atoms with Crippen LogP contribution in [0.15, 0.2) is 12.3 Å². The highest BCUT2D eigenvalue weighted by Crippen LogP contribution is 2.24. The molecule has 2 nitrogen and oxygen atoms in total. The molecule has 7 heteroatoms. The lowest BCUT2D eigenvalue weighted by atomic mass is 10.3. The molecule has 0 bridgehead atoms. The highest BCUT2D eigenvalue weighted by molar-refractivity contribution is 14.1. The summed E-state index contributed by atoms with van der Waals surface area (Å²) in [6, 6.07) is 1.46. The molecule has 1 rings (SSSR count). The number of hydrogen-bond acceptors (Lipinski definition) is 1. The van der Waals surface area contributed by atoms with Crippen LogP contribution in [-0.2, 0) is 6.54 Å². The van der Waals surface area contributed by atoms with Gasteiger partial charge in [-0.05, 0) is 28.7 Å². The second kappa shape index (κ2) is 3.81. The van der Waals surface area contributed by atoms with Gasteiger partial charge in [0.2, 0.25) is 0 Å². The summed E-state index contributed by atoms with van der Waals surface area (Å²) < 4.78 is 49.6. The van der Waals surface area contributed by atoms with Crippen LogP contribution in [0.25, 0.3) is 0 Å². The molecule has 0 N–H and O–H groups in total. The van der Waals surface area contributed by atoms with Crippen molar-refractivity contribution in [2.75, 3.05) is 0 Å². The molecule has 13 heavy (non-hydrogen) atoms. The first-order valence-electron chi connectivity index (χ1n) is 3.27. The molecule has 74 valence electrons. The largest absolute Gasteiger partial charge is 0.326 e. The van der Waals surface area contributed by atoms with Crippen molar-refractivity contribution in [2.24, 2.45) is 0 Å². The van der Waals surface area contributed by atoms with Crippen molar-refractivity contribution in [1.82, 2.24) is 9.78 Å². The Morgan fingerprint density at radius 3 is 2.54 bits per heavy atom. The number of nitrogens with zero attached hydrogens (tertiary/aromatic N) is 2. The van der Waals surface area contributed by atoms with Crippen molar-refractivity contribution < 1.29 is 17.6 Å². The zero-order valence-corrected chi connectivity index (χ0v) is 8.38. The van der Waals surface area contributed by atoms with Gasteiger partial charge in [0, 0.05) is 6.20 Å². The number of rotatable bonds is 3. The molecule has 0 saturated heterocycles. The van der Waals surface area contributed by atoms with Crippen molar-refractivity contribution in [3.8, 4) is 0 Å². The van der Waals surface area contributed by atoms with Gasteiger partial charge in [0.05, 0.1) is 0 Å². The minimum Gasteiger partial charge on any atom is -0.265 e. The van der Waals surface area contributed by atoms with Crippen LogP contribution in [0.4, 0.5) is 17.6 Å². The minimum absolute atomic E-state index is 0.489. The van der Waals surface area contributed by atoms with Crippen LogP contribution in [0, 0.1) is 3.70 Å². The fourth-order valence-corrected chi connectivity index (χ4v) is 1.15. The van der Waals surface area contributed by atoms with Gasteiger partial charge in [-0.1, -0.05) is 0 Å². The third-order valence-corrected chi connectivity index (χ3v) is 1.88. The van der Waals surface area contributed by atoms with Gasteiger partial charge in [0.25, 0.3) is 0 Å². The van der Waals surface area contributed by atoms with Crippen LogP contribution in [0.3, 0.4) is 0 Å². The number of halogens is 5. The summed E-state index contributed by atoms with van der Waals surface area (Å²) in [6.45, 7) is -1.09. The fourth-order valence-electron chi connectivity index (χ4n) is 0.710. The fraction of sp³-hybridized carbons (Fsp3) is 0.500. The Labute approximate surface area is 85.1 Å². The lowest BCUT2D eigenvalue weighted by molar-refractivity contribution is -0.139. The average Bonchev–Trinajstić information content (AvgIpc) is 2.34. The second-order valence-electron chi connectivity index (χ2n) is 2.40. The van der Waals surface area contributed by atoms with Gasteiger partial charge in [0.1, 0.15) is 10.2 Å². The van der Waals surface area contributed by atoms with E-state index >= 15 is 0 Å². The molecule has 0 amide bonds. The molecule has 0 aliphatic carbocycles. The normalized spacial score (nSPS) is 12.5. The number of alkyl halides is 4. The Morgan fingerprint density at radius 2 is 2.15 bits per heavy atom. The van der Waals surface area contributed by atoms with E-state index in [-0.39, 0.29) is 0 Å². The van der Waals surface area contributed by atoms with E-state index in [4.69, 9.17) is 0 Å². The summed E-state index contributed by atoms with van der Waals surface area (Å²) >= 11 is 1.81. The second-order valence-corrected chi connectivity index (χ2v) is 3.50. The average molecular weight is 308 g/mol.